The first-order valence-electron chi connectivity index (χ1n) is 5.87. The van der Waals surface area contributed by atoms with Gasteiger partial charge in [0.2, 0.25) is 6.41 Å². The molecule has 0 spiro atoms. The van der Waals surface area contributed by atoms with Gasteiger partial charge < -0.3 is 9.74 Å². The third-order valence-electron chi connectivity index (χ3n) is 1.67. The fourth-order valence-electron chi connectivity index (χ4n) is 0.860. The molecule has 6 nitrogen and oxygen atoms in total. The van der Waals surface area contributed by atoms with Gasteiger partial charge in [0.25, 0.3) is 0 Å². The number of hydrogen-bond donors (Lipinski definition) is 0. The SMILES string of the molecule is CC(C)On1cnc(C(C)(C)C)n1.CN(C)C=O. The number of nitrogens with zero attached hydrogens (tertiary/aromatic N) is 4. The van der Waals surface area contributed by atoms with Crippen LogP contribution in [0.1, 0.15) is 40.4 Å². The quantitative estimate of drug-likeness (QED) is 0.760. The number of amides is 1. The molecule has 1 aromatic rings. The summed E-state index contributed by atoms with van der Waals surface area (Å²) in [6.07, 6.45) is 2.47. The lowest BCUT2D eigenvalue weighted by Gasteiger charge is -2.12. The molecular weight excluding hydrogens is 232 g/mol. The predicted molar refractivity (Wildman–Crippen MR) is 70.2 cm³/mol. The van der Waals surface area contributed by atoms with Crippen molar-refractivity contribution in [2.75, 3.05) is 14.1 Å². The fourth-order valence-corrected chi connectivity index (χ4v) is 0.860. The van der Waals surface area contributed by atoms with Crippen LogP contribution in [0.5, 0.6) is 0 Å². The molecule has 0 aromatic carbocycles. The standard InChI is InChI=1S/C9H17N3O.C3H7NO/c1-7(2)13-12-6-10-8(11-12)9(3,4)5;1-4(2)3-5/h6-7H,1-5H3;3H,1-2H3. The molecule has 0 N–H and O–H groups in total. The second-order valence-electron chi connectivity index (χ2n) is 5.44. The minimum atomic E-state index is -0.0222. The molecule has 0 saturated heterocycles. The first kappa shape index (κ1) is 16.4. The predicted octanol–water partition coefficient (Wildman–Crippen LogP) is 1.12. The van der Waals surface area contributed by atoms with Crippen molar-refractivity contribution >= 4 is 6.41 Å². The summed E-state index contributed by atoms with van der Waals surface area (Å²) in [5.74, 6) is 0.799. The van der Waals surface area contributed by atoms with E-state index in [-0.39, 0.29) is 11.5 Å². The van der Waals surface area contributed by atoms with Crippen LogP contribution in [0.4, 0.5) is 0 Å². The summed E-state index contributed by atoms with van der Waals surface area (Å²) in [7, 11) is 3.38. The Balaban J connectivity index is 0.000000494. The van der Waals surface area contributed by atoms with Crippen LogP contribution in [0, 0.1) is 0 Å². The van der Waals surface area contributed by atoms with Crippen molar-refractivity contribution in [3.63, 3.8) is 0 Å². The maximum absolute atomic E-state index is 9.43. The molecule has 0 bridgehead atoms. The van der Waals surface area contributed by atoms with Gasteiger partial charge in [-0.3, -0.25) is 4.79 Å². The smallest absolute Gasteiger partial charge is 0.209 e. The van der Waals surface area contributed by atoms with E-state index < -0.39 is 0 Å². The van der Waals surface area contributed by atoms with E-state index in [1.807, 2.05) is 13.8 Å². The third-order valence-corrected chi connectivity index (χ3v) is 1.67. The number of aromatic nitrogens is 3. The summed E-state index contributed by atoms with van der Waals surface area (Å²) in [6.45, 7) is 10.1. The first-order chi connectivity index (χ1) is 8.16. The summed E-state index contributed by atoms with van der Waals surface area (Å²) >= 11 is 0. The van der Waals surface area contributed by atoms with Gasteiger partial charge in [-0.1, -0.05) is 25.6 Å². The van der Waals surface area contributed by atoms with E-state index in [0.717, 1.165) is 12.2 Å². The van der Waals surface area contributed by atoms with Gasteiger partial charge in [0.05, 0.1) is 0 Å². The lowest BCUT2D eigenvalue weighted by molar-refractivity contribution is -0.115. The third kappa shape index (κ3) is 6.88. The van der Waals surface area contributed by atoms with Crippen molar-refractivity contribution in [2.24, 2.45) is 0 Å². The normalized spacial score (nSPS) is 10.7. The van der Waals surface area contributed by atoms with E-state index in [9.17, 15) is 4.79 Å². The average Bonchev–Trinajstić information content (AvgIpc) is 2.65. The molecule has 0 aliphatic rings. The Bertz CT molecular complexity index is 353. The highest BCUT2D eigenvalue weighted by Gasteiger charge is 2.19. The van der Waals surface area contributed by atoms with Crippen molar-refractivity contribution in [3.05, 3.63) is 12.2 Å². The Morgan fingerprint density at radius 1 is 1.39 bits per heavy atom. The lowest BCUT2D eigenvalue weighted by atomic mass is 9.96. The molecule has 0 radical (unpaired) electrons. The van der Waals surface area contributed by atoms with Gasteiger partial charge in [-0.25, -0.2) is 4.98 Å². The van der Waals surface area contributed by atoms with Crippen molar-refractivity contribution < 1.29 is 9.63 Å². The van der Waals surface area contributed by atoms with Crippen LogP contribution in [0.25, 0.3) is 0 Å². The largest absolute Gasteiger partial charge is 0.393 e. The van der Waals surface area contributed by atoms with Crippen molar-refractivity contribution in [3.8, 4) is 0 Å². The Morgan fingerprint density at radius 2 is 1.89 bits per heavy atom. The van der Waals surface area contributed by atoms with Gasteiger partial charge in [0.1, 0.15) is 6.10 Å². The fraction of sp³-hybridized carbons (Fsp3) is 0.750. The van der Waals surface area contributed by atoms with Crippen LogP contribution >= 0.6 is 0 Å². The molecule has 0 atom stereocenters. The van der Waals surface area contributed by atoms with Gasteiger partial charge in [0, 0.05) is 19.5 Å². The van der Waals surface area contributed by atoms with Gasteiger partial charge in [-0.2, -0.15) is 0 Å². The molecular formula is C12H24N4O2. The average molecular weight is 256 g/mol. The topological polar surface area (TPSA) is 60.2 Å². The minimum absolute atomic E-state index is 0.0222. The molecule has 104 valence electrons. The first-order valence-corrected chi connectivity index (χ1v) is 5.87. The molecule has 0 aliphatic heterocycles. The van der Waals surface area contributed by atoms with Crippen molar-refractivity contribution in [1.29, 1.82) is 0 Å². The van der Waals surface area contributed by atoms with Gasteiger partial charge in [-0.15, -0.1) is 5.10 Å². The zero-order chi connectivity index (χ0) is 14.3. The van der Waals surface area contributed by atoms with E-state index in [1.54, 1.807) is 20.4 Å². The van der Waals surface area contributed by atoms with Crippen LogP contribution in [0.15, 0.2) is 6.33 Å². The van der Waals surface area contributed by atoms with Crippen LogP contribution in [0.3, 0.4) is 0 Å². The Morgan fingerprint density at radius 3 is 2.17 bits per heavy atom. The zero-order valence-electron chi connectivity index (χ0n) is 12.3. The monoisotopic (exact) mass is 256 g/mol. The maximum atomic E-state index is 9.43. The molecule has 1 amide bonds. The second kappa shape index (κ2) is 6.98. The van der Waals surface area contributed by atoms with Crippen molar-refractivity contribution in [1.82, 2.24) is 19.8 Å². The molecule has 1 heterocycles. The maximum Gasteiger partial charge on any atom is 0.209 e. The van der Waals surface area contributed by atoms with E-state index in [4.69, 9.17) is 4.84 Å². The molecule has 0 fully saturated rings. The Kier molecular flexibility index (Phi) is 6.36. The lowest BCUT2D eigenvalue weighted by Crippen LogP contribution is -2.21. The number of hydrogen-bond acceptors (Lipinski definition) is 4. The Hall–Kier alpha value is -1.59. The summed E-state index contributed by atoms with van der Waals surface area (Å²) in [4.78, 5) is 21.8. The number of carbonyl (C=O) groups excluding carboxylic acids is 1. The van der Waals surface area contributed by atoms with E-state index in [1.165, 1.54) is 9.75 Å². The molecule has 1 rings (SSSR count). The molecule has 0 aliphatic carbocycles. The van der Waals surface area contributed by atoms with Gasteiger partial charge in [-0.05, 0) is 13.8 Å². The van der Waals surface area contributed by atoms with Crippen LogP contribution in [-0.4, -0.2) is 46.4 Å². The van der Waals surface area contributed by atoms with Gasteiger partial charge >= 0.3 is 0 Å². The van der Waals surface area contributed by atoms with Crippen LogP contribution in [-0.2, 0) is 10.2 Å². The summed E-state index contributed by atoms with van der Waals surface area (Å²) in [5.41, 5.74) is -0.0222. The number of rotatable bonds is 3. The van der Waals surface area contributed by atoms with Crippen LogP contribution in [0.2, 0.25) is 0 Å². The number of carbonyl (C=O) groups is 1. The highest BCUT2D eigenvalue weighted by Crippen LogP contribution is 2.16. The van der Waals surface area contributed by atoms with Gasteiger partial charge in [0.15, 0.2) is 12.2 Å². The van der Waals surface area contributed by atoms with Crippen molar-refractivity contribution in [2.45, 2.75) is 46.1 Å². The minimum Gasteiger partial charge on any atom is -0.393 e. The molecule has 6 heteroatoms. The van der Waals surface area contributed by atoms with E-state index >= 15 is 0 Å². The highest BCUT2D eigenvalue weighted by molar-refractivity contribution is 5.45. The summed E-state index contributed by atoms with van der Waals surface area (Å²) < 4.78 is 0. The summed E-state index contributed by atoms with van der Waals surface area (Å²) in [6, 6.07) is 0. The second-order valence-corrected chi connectivity index (χ2v) is 5.44. The zero-order valence-corrected chi connectivity index (χ0v) is 12.3. The van der Waals surface area contributed by atoms with Crippen LogP contribution < -0.4 is 4.84 Å². The molecule has 1 aromatic heterocycles. The molecule has 0 unspecified atom stereocenters. The Labute approximate surface area is 109 Å². The molecule has 18 heavy (non-hydrogen) atoms. The van der Waals surface area contributed by atoms with E-state index in [0.29, 0.717) is 0 Å². The van der Waals surface area contributed by atoms with E-state index in [2.05, 4.69) is 30.9 Å². The highest BCUT2D eigenvalue weighted by atomic mass is 16.7. The summed E-state index contributed by atoms with van der Waals surface area (Å²) in [5, 5.41) is 4.20. The molecule has 0 saturated carbocycles.